The van der Waals surface area contributed by atoms with Crippen LogP contribution in [-0.2, 0) is 0 Å². The molecule has 5 nitrogen and oxygen atoms in total. The summed E-state index contributed by atoms with van der Waals surface area (Å²) in [4.78, 5) is 24.8. The second-order valence-electron chi connectivity index (χ2n) is 13.0. The van der Waals surface area contributed by atoms with Crippen molar-refractivity contribution >= 4 is 6.09 Å². The van der Waals surface area contributed by atoms with Gasteiger partial charge >= 0.3 is 11.7 Å². The van der Waals surface area contributed by atoms with Gasteiger partial charge in [-0.15, -0.1) is 0 Å². The summed E-state index contributed by atoms with van der Waals surface area (Å²) in [6.07, 6.45) is 15.9. The van der Waals surface area contributed by atoms with Gasteiger partial charge < -0.3 is 14.4 Å². The van der Waals surface area contributed by atoms with E-state index in [0.717, 1.165) is 31.2 Å². The third-order valence-corrected chi connectivity index (χ3v) is 11.6. The Bertz CT molecular complexity index is 1060. The fourth-order valence-electron chi connectivity index (χ4n) is 9.69. The van der Waals surface area contributed by atoms with E-state index in [4.69, 9.17) is 4.42 Å². The average molecular weight is 480 g/mol. The topological polar surface area (TPSA) is 70.8 Å². The van der Waals surface area contributed by atoms with Gasteiger partial charge in [0.15, 0.2) is 0 Å². The van der Waals surface area contributed by atoms with E-state index < -0.39 is 6.09 Å². The van der Waals surface area contributed by atoms with E-state index in [1.807, 2.05) is 6.07 Å². The standard InChI is InChI=1S/C30H41NO4/c1-29-13-11-19(20-4-3-15-31(17-20)28(33)34)16-22(29)6-7-23-25-9-8-24(21-5-10-27(32)35-18-21)30(25,2)14-12-26(23)29/h5,9-10,18-20,22-24,26H,3-4,6-8,11-17H2,1-2H3,(H,33,34)/t19?,20-,22-,23+,24-,26+,29+,30-/m1/s1. The lowest BCUT2D eigenvalue weighted by Gasteiger charge is -2.60. The number of allylic oxidation sites excluding steroid dienone is 2. The molecule has 35 heavy (non-hydrogen) atoms. The molecule has 190 valence electrons. The van der Waals surface area contributed by atoms with E-state index in [-0.39, 0.29) is 11.0 Å². The maximum absolute atomic E-state index is 11.6. The number of amides is 1. The summed E-state index contributed by atoms with van der Waals surface area (Å²) >= 11 is 0. The van der Waals surface area contributed by atoms with Crippen LogP contribution in [0.1, 0.15) is 89.5 Å². The van der Waals surface area contributed by atoms with Gasteiger partial charge in [-0.25, -0.2) is 9.59 Å². The van der Waals surface area contributed by atoms with Gasteiger partial charge in [0.2, 0.25) is 0 Å². The number of likely N-dealkylation sites (tertiary alicyclic amines) is 1. The van der Waals surface area contributed by atoms with Gasteiger partial charge in [0, 0.05) is 19.2 Å². The monoisotopic (exact) mass is 479 g/mol. The second kappa shape index (κ2) is 8.52. The molecule has 1 amide bonds. The number of hydrogen-bond acceptors (Lipinski definition) is 3. The Balaban J connectivity index is 1.18. The molecule has 1 aromatic rings. The van der Waals surface area contributed by atoms with E-state index in [2.05, 4.69) is 19.9 Å². The Labute approximate surface area is 209 Å². The van der Waals surface area contributed by atoms with Crippen molar-refractivity contribution in [3.8, 4) is 0 Å². The van der Waals surface area contributed by atoms with Crippen molar-refractivity contribution in [1.82, 2.24) is 4.90 Å². The minimum atomic E-state index is -0.734. The smallest absolute Gasteiger partial charge is 0.407 e. The molecule has 4 aliphatic carbocycles. The van der Waals surface area contributed by atoms with Crippen LogP contribution in [0.5, 0.6) is 0 Å². The van der Waals surface area contributed by atoms with Crippen LogP contribution in [0, 0.1) is 40.4 Å². The maximum Gasteiger partial charge on any atom is 0.407 e. The van der Waals surface area contributed by atoms with E-state index in [0.29, 0.717) is 35.6 Å². The lowest BCUT2D eigenvalue weighted by Crippen LogP contribution is -2.52. The number of piperidine rings is 1. The predicted molar refractivity (Wildman–Crippen MR) is 135 cm³/mol. The van der Waals surface area contributed by atoms with Gasteiger partial charge in [-0.1, -0.05) is 25.5 Å². The van der Waals surface area contributed by atoms with Crippen LogP contribution in [0.3, 0.4) is 0 Å². The summed E-state index contributed by atoms with van der Waals surface area (Å²) in [5.74, 6) is 3.94. The van der Waals surface area contributed by atoms with Gasteiger partial charge in [0.05, 0.1) is 6.26 Å². The molecule has 3 saturated carbocycles. The number of fused-ring (bicyclic) bond motifs is 5. The van der Waals surface area contributed by atoms with Crippen molar-refractivity contribution in [2.24, 2.45) is 40.4 Å². The zero-order valence-corrected chi connectivity index (χ0v) is 21.4. The largest absolute Gasteiger partial charge is 0.465 e. The van der Waals surface area contributed by atoms with Crippen LogP contribution < -0.4 is 5.63 Å². The molecule has 5 aliphatic rings. The summed E-state index contributed by atoms with van der Waals surface area (Å²) in [6, 6.07) is 3.57. The van der Waals surface area contributed by atoms with Crippen molar-refractivity contribution in [3.05, 3.63) is 46.0 Å². The molecule has 1 unspecified atom stereocenters. The molecule has 1 saturated heterocycles. The fourth-order valence-corrected chi connectivity index (χ4v) is 9.69. The van der Waals surface area contributed by atoms with E-state index in [1.54, 1.807) is 22.8 Å². The van der Waals surface area contributed by atoms with Crippen LogP contribution in [0.15, 0.2) is 39.3 Å². The van der Waals surface area contributed by atoms with Crippen LogP contribution in [0.2, 0.25) is 0 Å². The highest BCUT2D eigenvalue weighted by atomic mass is 16.4. The number of carbonyl (C=O) groups is 1. The first kappa shape index (κ1) is 23.4. The Morgan fingerprint density at radius 1 is 1.09 bits per heavy atom. The molecule has 0 radical (unpaired) electrons. The van der Waals surface area contributed by atoms with Crippen molar-refractivity contribution in [2.75, 3.05) is 13.1 Å². The first-order chi connectivity index (χ1) is 16.8. The number of rotatable bonds is 2. The minimum Gasteiger partial charge on any atom is -0.465 e. The van der Waals surface area contributed by atoms with Gasteiger partial charge in [-0.2, -0.15) is 0 Å². The van der Waals surface area contributed by atoms with Crippen LogP contribution >= 0.6 is 0 Å². The highest BCUT2D eigenvalue weighted by Gasteiger charge is 2.58. The fraction of sp³-hybridized carbons (Fsp3) is 0.733. The van der Waals surface area contributed by atoms with E-state index in [9.17, 15) is 14.7 Å². The highest BCUT2D eigenvalue weighted by molar-refractivity contribution is 5.65. The number of nitrogens with zero attached hydrogens (tertiary/aromatic N) is 1. The molecule has 5 heteroatoms. The normalized spacial score (nSPS) is 43.0. The first-order valence-electron chi connectivity index (χ1n) is 14.1. The van der Waals surface area contributed by atoms with Gasteiger partial charge in [0.25, 0.3) is 0 Å². The summed E-state index contributed by atoms with van der Waals surface area (Å²) < 4.78 is 5.25. The van der Waals surface area contributed by atoms with Gasteiger partial charge in [-0.3, -0.25) is 0 Å². The maximum atomic E-state index is 11.6. The lowest BCUT2D eigenvalue weighted by atomic mass is 9.45. The Kier molecular flexibility index (Phi) is 5.69. The zero-order valence-electron chi connectivity index (χ0n) is 21.4. The second-order valence-corrected chi connectivity index (χ2v) is 13.0. The van der Waals surface area contributed by atoms with Crippen molar-refractivity contribution in [3.63, 3.8) is 0 Å². The molecule has 1 aliphatic heterocycles. The number of hydrogen-bond donors (Lipinski definition) is 1. The molecule has 1 aromatic heterocycles. The molecule has 8 atom stereocenters. The highest BCUT2D eigenvalue weighted by Crippen LogP contribution is 2.67. The molecule has 6 rings (SSSR count). The molecular formula is C30H41NO4. The lowest BCUT2D eigenvalue weighted by molar-refractivity contribution is -0.0754. The van der Waals surface area contributed by atoms with Crippen LogP contribution in [-0.4, -0.2) is 29.2 Å². The number of carboxylic acid groups (broad SMARTS) is 1. The molecule has 4 fully saturated rings. The molecule has 0 bridgehead atoms. The molecule has 1 N–H and O–H groups in total. The quantitative estimate of drug-likeness (QED) is 0.480. The van der Waals surface area contributed by atoms with Crippen LogP contribution in [0.25, 0.3) is 0 Å². The zero-order chi connectivity index (χ0) is 24.4. The summed E-state index contributed by atoms with van der Waals surface area (Å²) in [5, 5.41) is 9.51. The Morgan fingerprint density at radius 3 is 2.71 bits per heavy atom. The van der Waals surface area contributed by atoms with Gasteiger partial charge in [-0.05, 0) is 122 Å². The first-order valence-corrected chi connectivity index (χ1v) is 14.1. The SMILES string of the molecule is C[C@]12CCC([C@@H]3CCCN(C(=O)O)C3)C[C@H]1CC[C@H]1C3=CC[C@H](c4ccc(=O)oc4)[C@@]3(C)CC[C@@H]12. The van der Waals surface area contributed by atoms with E-state index in [1.165, 1.54) is 56.9 Å². The Morgan fingerprint density at radius 2 is 1.94 bits per heavy atom. The molecule has 2 heterocycles. The van der Waals surface area contributed by atoms with Gasteiger partial charge in [0.1, 0.15) is 0 Å². The molecule has 0 aromatic carbocycles. The van der Waals surface area contributed by atoms with Crippen LogP contribution in [0.4, 0.5) is 4.79 Å². The molecule has 0 spiro atoms. The minimum absolute atomic E-state index is 0.184. The average Bonchev–Trinajstić information content (AvgIpc) is 3.21. The Hall–Kier alpha value is -2.04. The van der Waals surface area contributed by atoms with Crippen molar-refractivity contribution in [1.29, 1.82) is 0 Å². The summed E-state index contributed by atoms with van der Waals surface area (Å²) in [6.45, 7) is 6.55. The predicted octanol–water partition coefficient (Wildman–Crippen LogP) is 6.69. The van der Waals surface area contributed by atoms with Crippen molar-refractivity contribution in [2.45, 2.75) is 84.0 Å². The van der Waals surface area contributed by atoms with E-state index >= 15 is 0 Å². The third-order valence-electron chi connectivity index (χ3n) is 11.6. The summed E-state index contributed by atoms with van der Waals surface area (Å²) in [7, 11) is 0. The third kappa shape index (κ3) is 3.71. The van der Waals surface area contributed by atoms with Crippen molar-refractivity contribution < 1.29 is 14.3 Å². The summed E-state index contributed by atoms with van der Waals surface area (Å²) in [5.41, 5.74) is 3.22. The molecular weight excluding hydrogens is 438 g/mol.